The van der Waals surface area contributed by atoms with Gasteiger partial charge in [0, 0.05) is 34.9 Å². The van der Waals surface area contributed by atoms with Crippen LogP contribution < -0.4 is 4.74 Å². The molecule has 8 heteroatoms. The fourth-order valence-corrected chi connectivity index (χ4v) is 3.65. The Labute approximate surface area is 188 Å². The van der Waals surface area contributed by atoms with E-state index in [2.05, 4.69) is 15.2 Å². The molecular formula is C24H17ClN4O3. The molecule has 0 amide bonds. The van der Waals surface area contributed by atoms with Crippen molar-refractivity contribution in [3.63, 3.8) is 0 Å². The summed E-state index contributed by atoms with van der Waals surface area (Å²) >= 11 is 6.01. The number of fused-ring (bicyclic) bond motifs is 1. The van der Waals surface area contributed by atoms with Crippen LogP contribution in [-0.2, 0) is 6.54 Å². The van der Waals surface area contributed by atoms with E-state index in [4.69, 9.17) is 20.8 Å². The third-order valence-corrected chi connectivity index (χ3v) is 5.35. The average molecular weight is 445 g/mol. The van der Waals surface area contributed by atoms with E-state index in [1.165, 1.54) is 0 Å². The summed E-state index contributed by atoms with van der Waals surface area (Å²) in [5.41, 5.74) is 2.89. The fraction of sp³-hybridized carbons (Fsp3) is 0.0833. The van der Waals surface area contributed by atoms with Crippen LogP contribution in [0.4, 0.5) is 0 Å². The quantitative estimate of drug-likeness (QED) is 0.342. The SMILES string of the molecule is COc1ccc2c(c1)c(C(=O)c1nnc(-c3ccccn3)o1)cn2Cc1ccc(Cl)cc1. The third kappa shape index (κ3) is 3.74. The zero-order valence-electron chi connectivity index (χ0n) is 17.0. The van der Waals surface area contributed by atoms with Gasteiger partial charge in [-0.15, -0.1) is 10.2 Å². The van der Waals surface area contributed by atoms with Gasteiger partial charge in [-0.3, -0.25) is 9.78 Å². The van der Waals surface area contributed by atoms with Crippen LogP contribution in [0, 0.1) is 0 Å². The first-order valence-corrected chi connectivity index (χ1v) is 10.2. The molecule has 7 nitrogen and oxygen atoms in total. The molecule has 2 aromatic carbocycles. The van der Waals surface area contributed by atoms with Crippen molar-refractivity contribution in [3.8, 4) is 17.3 Å². The van der Waals surface area contributed by atoms with Crippen LogP contribution in [0.25, 0.3) is 22.5 Å². The Balaban J connectivity index is 1.56. The Morgan fingerprint density at radius 2 is 1.94 bits per heavy atom. The first kappa shape index (κ1) is 20.0. The van der Waals surface area contributed by atoms with Crippen LogP contribution >= 0.6 is 11.6 Å². The van der Waals surface area contributed by atoms with Crippen molar-refractivity contribution in [1.82, 2.24) is 19.7 Å². The molecule has 0 bridgehead atoms. The van der Waals surface area contributed by atoms with Crippen molar-refractivity contribution in [2.75, 3.05) is 7.11 Å². The number of hydrogen-bond acceptors (Lipinski definition) is 6. The Kier molecular flexibility index (Phi) is 5.17. The molecule has 158 valence electrons. The fourth-order valence-electron chi connectivity index (χ4n) is 3.52. The van der Waals surface area contributed by atoms with Crippen molar-refractivity contribution in [2.24, 2.45) is 0 Å². The largest absolute Gasteiger partial charge is 0.497 e. The van der Waals surface area contributed by atoms with E-state index in [1.54, 1.807) is 31.6 Å². The second-order valence-electron chi connectivity index (χ2n) is 7.14. The molecule has 3 aromatic heterocycles. The molecule has 5 aromatic rings. The number of rotatable bonds is 6. The van der Waals surface area contributed by atoms with Crippen molar-refractivity contribution in [2.45, 2.75) is 6.54 Å². The van der Waals surface area contributed by atoms with Crippen LogP contribution in [0.5, 0.6) is 5.75 Å². The number of halogens is 1. The van der Waals surface area contributed by atoms with Gasteiger partial charge in [0.15, 0.2) is 0 Å². The molecule has 0 N–H and O–H groups in total. The Morgan fingerprint density at radius 3 is 2.69 bits per heavy atom. The number of ketones is 1. The number of benzene rings is 2. The summed E-state index contributed by atoms with van der Waals surface area (Å²) < 4.78 is 13.0. The first-order valence-electron chi connectivity index (χ1n) is 9.83. The molecule has 32 heavy (non-hydrogen) atoms. The van der Waals surface area contributed by atoms with Gasteiger partial charge in [-0.1, -0.05) is 29.8 Å². The lowest BCUT2D eigenvalue weighted by molar-refractivity contribution is 0.100. The molecule has 0 aliphatic carbocycles. The standard InChI is InChI=1S/C24H17ClN4O3/c1-31-17-9-10-21-18(12-17)19(14-29(21)13-15-5-7-16(25)8-6-15)22(30)24-28-27-23(32-24)20-4-2-3-11-26-20/h2-12,14H,13H2,1H3. The van der Waals surface area contributed by atoms with E-state index in [1.807, 2.05) is 53.1 Å². The topological polar surface area (TPSA) is 83.0 Å². The van der Waals surface area contributed by atoms with Gasteiger partial charge in [0.25, 0.3) is 17.6 Å². The lowest BCUT2D eigenvalue weighted by Gasteiger charge is -2.06. The minimum absolute atomic E-state index is 0.0981. The molecule has 0 aliphatic heterocycles. The second kappa shape index (κ2) is 8.28. The first-order chi connectivity index (χ1) is 15.6. The zero-order chi connectivity index (χ0) is 22.1. The summed E-state index contributed by atoms with van der Waals surface area (Å²) in [6, 6.07) is 18.5. The number of pyridine rings is 1. The van der Waals surface area contributed by atoms with Crippen molar-refractivity contribution >= 4 is 28.3 Å². The maximum atomic E-state index is 13.3. The van der Waals surface area contributed by atoms with Gasteiger partial charge in [0.05, 0.1) is 12.7 Å². The van der Waals surface area contributed by atoms with Gasteiger partial charge in [-0.05, 0) is 48.0 Å². The summed E-state index contributed by atoms with van der Waals surface area (Å²) in [7, 11) is 1.59. The molecule has 0 atom stereocenters. The second-order valence-corrected chi connectivity index (χ2v) is 7.57. The monoisotopic (exact) mass is 444 g/mol. The molecule has 0 radical (unpaired) electrons. The van der Waals surface area contributed by atoms with Crippen LogP contribution in [0.2, 0.25) is 5.02 Å². The molecule has 5 rings (SSSR count). The lowest BCUT2D eigenvalue weighted by Crippen LogP contribution is -2.02. The summed E-state index contributed by atoms with van der Waals surface area (Å²) in [5.74, 6) is 0.374. The van der Waals surface area contributed by atoms with E-state index in [9.17, 15) is 4.79 Å². The average Bonchev–Trinajstić information content (AvgIpc) is 3.46. The molecule has 0 fully saturated rings. The van der Waals surface area contributed by atoms with E-state index in [0.29, 0.717) is 28.6 Å². The minimum atomic E-state index is -0.368. The predicted octanol–water partition coefficient (Wildman–Crippen LogP) is 5.03. The maximum Gasteiger partial charge on any atom is 0.289 e. The minimum Gasteiger partial charge on any atom is -0.497 e. The van der Waals surface area contributed by atoms with Crippen molar-refractivity contribution < 1.29 is 13.9 Å². The van der Waals surface area contributed by atoms with Gasteiger partial charge >= 0.3 is 0 Å². The molecule has 0 saturated carbocycles. The predicted molar refractivity (Wildman–Crippen MR) is 120 cm³/mol. The highest BCUT2D eigenvalue weighted by molar-refractivity contribution is 6.30. The normalized spacial score (nSPS) is 11.1. The molecule has 0 saturated heterocycles. The van der Waals surface area contributed by atoms with E-state index in [0.717, 1.165) is 16.5 Å². The van der Waals surface area contributed by atoms with E-state index in [-0.39, 0.29) is 17.6 Å². The van der Waals surface area contributed by atoms with Crippen LogP contribution in [0.15, 0.2) is 77.5 Å². The van der Waals surface area contributed by atoms with Crippen molar-refractivity contribution in [3.05, 3.63) is 95.1 Å². The maximum absolute atomic E-state index is 13.3. The third-order valence-electron chi connectivity index (χ3n) is 5.10. The summed E-state index contributed by atoms with van der Waals surface area (Å²) in [6.45, 7) is 0.566. The Bertz CT molecular complexity index is 1410. The number of carbonyl (C=O) groups is 1. The number of hydrogen-bond donors (Lipinski definition) is 0. The molecule has 0 unspecified atom stereocenters. The van der Waals surface area contributed by atoms with Crippen LogP contribution in [-0.4, -0.2) is 32.6 Å². The summed E-state index contributed by atoms with van der Waals surface area (Å²) in [4.78, 5) is 17.5. The van der Waals surface area contributed by atoms with Crippen molar-refractivity contribution in [1.29, 1.82) is 0 Å². The molecule has 0 spiro atoms. The van der Waals surface area contributed by atoms with Crippen LogP contribution in [0.1, 0.15) is 21.8 Å². The summed E-state index contributed by atoms with van der Waals surface area (Å²) in [6.07, 6.45) is 3.42. The number of methoxy groups -OCH3 is 1. The number of nitrogens with zero attached hydrogens (tertiary/aromatic N) is 4. The summed E-state index contributed by atoms with van der Waals surface area (Å²) in [5, 5.41) is 9.36. The number of ether oxygens (including phenoxy) is 1. The molecular weight excluding hydrogens is 428 g/mol. The smallest absolute Gasteiger partial charge is 0.289 e. The van der Waals surface area contributed by atoms with Gasteiger partial charge in [-0.25, -0.2) is 0 Å². The highest BCUT2D eigenvalue weighted by atomic mass is 35.5. The van der Waals surface area contributed by atoms with E-state index < -0.39 is 0 Å². The Hall–Kier alpha value is -3.97. The van der Waals surface area contributed by atoms with Crippen LogP contribution in [0.3, 0.4) is 0 Å². The molecule has 0 aliphatic rings. The number of carbonyl (C=O) groups excluding carboxylic acids is 1. The van der Waals surface area contributed by atoms with Gasteiger partial charge in [-0.2, -0.15) is 0 Å². The zero-order valence-corrected chi connectivity index (χ0v) is 17.8. The highest BCUT2D eigenvalue weighted by Crippen LogP contribution is 2.29. The van der Waals surface area contributed by atoms with E-state index >= 15 is 0 Å². The van der Waals surface area contributed by atoms with Gasteiger partial charge in [0.1, 0.15) is 11.4 Å². The highest BCUT2D eigenvalue weighted by Gasteiger charge is 2.23. The molecule has 3 heterocycles. The Morgan fingerprint density at radius 1 is 1.09 bits per heavy atom. The lowest BCUT2D eigenvalue weighted by atomic mass is 10.1. The van der Waals surface area contributed by atoms with Gasteiger partial charge < -0.3 is 13.7 Å². The van der Waals surface area contributed by atoms with Gasteiger partial charge in [0.2, 0.25) is 0 Å². The number of aromatic nitrogens is 4.